The molecular formula is C12H20N2O2S. The van der Waals surface area contributed by atoms with Gasteiger partial charge in [-0.1, -0.05) is 12.8 Å². The molecule has 1 saturated carbocycles. The molecule has 96 valence electrons. The van der Waals surface area contributed by atoms with Gasteiger partial charge in [-0.3, -0.25) is 9.59 Å². The molecule has 0 bridgehead atoms. The highest BCUT2D eigenvalue weighted by atomic mass is 32.2. The van der Waals surface area contributed by atoms with Gasteiger partial charge in [0.15, 0.2) is 0 Å². The number of amides is 2. The minimum Gasteiger partial charge on any atom is -0.353 e. The van der Waals surface area contributed by atoms with E-state index in [1.165, 1.54) is 25.7 Å². The molecule has 1 atom stereocenters. The van der Waals surface area contributed by atoms with Crippen LogP contribution >= 0.6 is 11.8 Å². The predicted octanol–water partition coefficient (Wildman–Crippen LogP) is 1.06. The molecule has 0 radical (unpaired) electrons. The molecule has 1 aliphatic heterocycles. The largest absolute Gasteiger partial charge is 0.353 e. The Balaban J connectivity index is 1.55. The zero-order valence-corrected chi connectivity index (χ0v) is 10.9. The molecule has 4 nitrogen and oxygen atoms in total. The molecule has 0 spiro atoms. The van der Waals surface area contributed by atoms with E-state index in [4.69, 9.17) is 0 Å². The molecule has 0 unspecified atom stereocenters. The summed E-state index contributed by atoms with van der Waals surface area (Å²) in [6.07, 6.45) is 6.50. The lowest BCUT2D eigenvalue weighted by Gasteiger charge is -2.12. The van der Waals surface area contributed by atoms with Crippen LogP contribution in [-0.2, 0) is 9.59 Å². The smallest absolute Gasteiger partial charge is 0.242 e. The normalized spacial score (nSPS) is 24.9. The van der Waals surface area contributed by atoms with Gasteiger partial charge in [0.1, 0.15) is 6.04 Å². The average Bonchev–Trinajstić information content (AvgIpc) is 2.95. The predicted molar refractivity (Wildman–Crippen MR) is 68.9 cm³/mol. The highest BCUT2D eigenvalue weighted by molar-refractivity contribution is 7.99. The summed E-state index contributed by atoms with van der Waals surface area (Å²) < 4.78 is 0. The van der Waals surface area contributed by atoms with Gasteiger partial charge in [-0.25, -0.2) is 0 Å². The Morgan fingerprint density at radius 2 is 2.12 bits per heavy atom. The maximum atomic E-state index is 11.7. The van der Waals surface area contributed by atoms with E-state index in [0.29, 0.717) is 19.4 Å². The average molecular weight is 256 g/mol. The van der Waals surface area contributed by atoms with Crippen LogP contribution in [0.5, 0.6) is 0 Å². The molecule has 0 aromatic heterocycles. The number of rotatable bonds is 5. The SMILES string of the molecule is O=C1CC[C@@H](C(=O)NCCSC2CCCC2)N1. The molecular weight excluding hydrogens is 236 g/mol. The summed E-state index contributed by atoms with van der Waals surface area (Å²) in [6.45, 7) is 0.715. The fraction of sp³-hybridized carbons (Fsp3) is 0.833. The third kappa shape index (κ3) is 3.91. The molecule has 2 amide bonds. The first-order valence-corrected chi connectivity index (χ1v) is 7.49. The van der Waals surface area contributed by atoms with E-state index in [-0.39, 0.29) is 17.9 Å². The number of hydrogen-bond donors (Lipinski definition) is 2. The third-order valence-corrected chi connectivity index (χ3v) is 4.75. The first kappa shape index (κ1) is 12.7. The van der Waals surface area contributed by atoms with Crippen LogP contribution in [0.4, 0.5) is 0 Å². The maximum absolute atomic E-state index is 11.7. The number of carbonyl (C=O) groups is 2. The summed E-state index contributed by atoms with van der Waals surface area (Å²) in [4.78, 5) is 22.6. The van der Waals surface area contributed by atoms with Crippen LogP contribution < -0.4 is 10.6 Å². The Labute approximate surface area is 106 Å². The van der Waals surface area contributed by atoms with Crippen molar-refractivity contribution in [3.8, 4) is 0 Å². The van der Waals surface area contributed by atoms with Gasteiger partial charge in [-0.15, -0.1) is 0 Å². The fourth-order valence-electron chi connectivity index (χ4n) is 2.39. The highest BCUT2D eigenvalue weighted by Gasteiger charge is 2.26. The van der Waals surface area contributed by atoms with Crippen molar-refractivity contribution in [1.82, 2.24) is 10.6 Å². The number of carbonyl (C=O) groups excluding carboxylic acids is 2. The molecule has 2 fully saturated rings. The highest BCUT2D eigenvalue weighted by Crippen LogP contribution is 2.28. The second-order valence-corrected chi connectivity index (χ2v) is 6.14. The van der Waals surface area contributed by atoms with Crippen molar-refractivity contribution in [2.45, 2.75) is 49.8 Å². The van der Waals surface area contributed by atoms with Crippen LogP contribution in [0.25, 0.3) is 0 Å². The zero-order chi connectivity index (χ0) is 12.1. The second kappa shape index (κ2) is 6.28. The second-order valence-electron chi connectivity index (χ2n) is 4.73. The first-order valence-electron chi connectivity index (χ1n) is 6.44. The van der Waals surface area contributed by atoms with E-state index < -0.39 is 0 Å². The van der Waals surface area contributed by atoms with Crippen LogP contribution in [0.2, 0.25) is 0 Å². The van der Waals surface area contributed by atoms with Crippen molar-refractivity contribution >= 4 is 23.6 Å². The Morgan fingerprint density at radius 3 is 2.76 bits per heavy atom. The molecule has 1 aliphatic carbocycles. The van der Waals surface area contributed by atoms with Gasteiger partial charge in [0.25, 0.3) is 0 Å². The van der Waals surface area contributed by atoms with Gasteiger partial charge >= 0.3 is 0 Å². The number of nitrogens with one attached hydrogen (secondary N) is 2. The molecule has 1 saturated heterocycles. The van der Waals surface area contributed by atoms with Gasteiger partial charge < -0.3 is 10.6 Å². The summed E-state index contributed by atoms with van der Waals surface area (Å²) >= 11 is 1.97. The van der Waals surface area contributed by atoms with Crippen molar-refractivity contribution in [3.05, 3.63) is 0 Å². The van der Waals surface area contributed by atoms with E-state index in [2.05, 4.69) is 10.6 Å². The third-order valence-electron chi connectivity index (χ3n) is 3.37. The summed E-state index contributed by atoms with van der Waals surface area (Å²) in [6, 6.07) is -0.293. The fourth-order valence-corrected chi connectivity index (χ4v) is 3.61. The van der Waals surface area contributed by atoms with E-state index in [1.54, 1.807) is 0 Å². The molecule has 2 N–H and O–H groups in total. The van der Waals surface area contributed by atoms with Crippen molar-refractivity contribution in [3.63, 3.8) is 0 Å². The van der Waals surface area contributed by atoms with Gasteiger partial charge in [0, 0.05) is 24.0 Å². The van der Waals surface area contributed by atoms with Crippen molar-refractivity contribution < 1.29 is 9.59 Å². The minimum atomic E-state index is -0.293. The first-order chi connectivity index (χ1) is 8.25. The van der Waals surface area contributed by atoms with Crippen molar-refractivity contribution in [2.75, 3.05) is 12.3 Å². The maximum Gasteiger partial charge on any atom is 0.242 e. The van der Waals surface area contributed by atoms with Gasteiger partial charge in [0.05, 0.1) is 0 Å². The lowest BCUT2D eigenvalue weighted by Crippen LogP contribution is -2.42. The van der Waals surface area contributed by atoms with Crippen LogP contribution in [0, 0.1) is 0 Å². The molecule has 2 aliphatic rings. The Kier molecular flexibility index (Phi) is 4.71. The lowest BCUT2D eigenvalue weighted by atomic mass is 10.2. The lowest BCUT2D eigenvalue weighted by molar-refractivity contribution is -0.125. The van der Waals surface area contributed by atoms with E-state index in [9.17, 15) is 9.59 Å². The van der Waals surface area contributed by atoms with E-state index in [0.717, 1.165) is 11.0 Å². The zero-order valence-electron chi connectivity index (χ0n) is 10.0. The molecule has 0 aromatic rings. The van der Waals surface area contributed by atoms with E-state index in [1.807, 2.05) is 11.8 Å². The van der Waals surface area contributed by atoms with Crippen LogP contribution in [-0.4, -0.2) is 35.4 Å². The monoisotopic (exact) mass is 256 g/mol. The Hall–Kier alpha value is -0.710. The topological polar surface area (TPSA) is 58.2 Å². The van der Waals surface area contributed by atoms with E-state index >= 15 is 0 Å². The molecule has 2 rings (SSSR count). The number of hydrogen-bond acceptors (Lipinski definition) is 3. The standard InChI is InChI=1S/C12H20N2O2S/c15-11-6-5-10(14-11)12(16)13-7-8-17-9-3-1-2-4-9/h9-10H,1-8H2,(H,13,16)(H,14,15)/t10-/m0/s1. The summed E-state index contributed by atoms with van der Waals surface area (Å²) in [7, 11) is 0. The van der Waals surface area contributed by atoms with Crippen LogP contribution in [0.3, 0.4) is 0 Å². The summed E-state index contributed by atoms with van der Waals surface area (Å²) in [5, 5.41) is 6.38. The molecule has 1 heterocycles. The van der Waals surface area contributed by atoms with Crippen LogP contribution in [0.15, 0.2) is 0 Å². The molecule has 0 aromatic carbocycles. The molecule has 5 heteroatoms. The van der Waals surface area contributed by atoms with Gasteiger partial charge in [-0.2, -0.15) is 11.8 Å². The van der Waals surface area contributed by atoms with Crippen molar-refractivity contribution in [2.24, 2.45) is 0 Å². The van der Waals surface area contributed by atoms with Crippen molar-refractivity contribution in [1.29, 1.82) is 0 Å². The Bertz CT molecular complexity index is 290. The van der Waals surface area contributed by atoms with Gasteiger partial charge in [0.2, 0.25) is 11.8 Å². The van der Waals surface area contributed by atoms with Gasteiger partial charge in [-0.05, 0) is 19.3 Å². The summed E-state index contributed by atoms with van der Waals surface area (Å²) in [5.41, 5.74) is 0. The number of thioether (sulfide) groups is 1. The minimum absolute atomic E-state index is 0.00881. The Morgan fingerprint density at radius 1 is 1.35 bits per heavy atom. The van der Waals surface area contributed by atoms with Crippen LogP contribution in [0.1, 0.15) is 38.5 Å². The quantitative estimate of drug-likeness (QED) is 0.723. The molecule has 17 heavy (non-hydrogen) atoms. The summed E-state index contributed by atoms with van der Waals surface area (Å²) in [5.74, 6) is 0.949.